The second kappa shape index (κ2) is 52.5. The molecule has 4 aromatic carbocycles. The van der Waals surface area contributed by atoms with Gasteiger partial charge in [-0.25, -0.2) is 37.1 Å². The number of nitrogens with zero attached hydrogens (tertiary/aromatic N) is 8. The van der Waals surface area contributed by atoms with E-state index in [1.807, 2.05) is 0 Å². The zero-order valence-electron chi connectivity index (χ0n) is 70.3. The molecule has 0 aliphatic heterocycles. The first-order valence-electron chi connectivity index (χ1n) is 40.1. The second-order valence-electron chi connectivity index (χ2n) is 29.8. The van der Waals surface area contributed by atoms with Gasteiger partial charge in [-0.15, -0.1) is 0 Å². The van der Waals surface area contributed by atoms with E-state index in [0.29, 0.717) is 133 Å². The van der Waals surface area contributed by atoms with Crippen molar-refractivity contribution in [3.05, 3.63) is 302 Å². The number of benzene rings is 4. The SMILES string of the molecule is COC(=O)c1cnccc1N.COC(=O)c1cnccc1Nc1cc(-c2cc(Cl)ccc2F)ncc1C1CC1.C[C@H](O)CN.C[C@H](O)CNC(=O)c1cnccc1Nc1cc(-c2cc(Cl)ccc2F)ncc1C1CC1.Clc1cc(Cl)c(Br)cn1.Clc1cc(Cl)c(C2CC2)cn1.Fc1ccc(Cl)cc1-c1cc(Cl)c(C2CC2)cn1.OB(O)C1CC1.OB(O)c1cc(Cl)ccc1F.S. The third-order valence-corrected chi connectivity index (χ3v) is 22.5. The number of hydrogen-bond acceptors (Lipinski definition) is 23. The fourth-order valence-electron chi connectivity index (χ4n) is 11.6. The van der Waals surface area contributed by atoms with Gasteiger partial charge in [0.1, 0.15) is 44.7 Å². The van der Waals surface area contributed by atoms with Gasteiger partial charge >= 0.3 is 26.2 Å². The molecule has 0 bridgehead atoms. The molecule has 0 saturated heterocycles. The minimum Gasteiger partial charge on any atom is -0.465 e. The molecule has 12 aromatic rings. The van der Waals surface area contributed by atoms with Crippen LogP contribution in [0.4, 0.5) is 46.0 Å². The lowest BCUT2D eigenvalue weighted by Gasteiger charge is -2.16. The molecule has 5 fully saturated rings. The van der Waals surface area contributed by atoms with Crippen LogP contribution in [0, 0.1) is 23.3 Å². The summed E-state index contributed by atoms with van der Waals surface area (Å²) in [7, 11) is -0.227. The van der Waals surface area contributed by atoms with Crippen molar-refractivity contribution in [3.8, 4) is 33.8 Å². The number of esters is 2. The molecule has 17 rings (SSSR count). The fraction of sp³-hybridized carbons (Fsp3) is 0.256. The number of carbonyl (C=O) groups excluding carboxylic acids is 3. The molecule has 690 valence electrons. The van der Waals surface area contributed by atoms with E-state index in [0.717, 1.165) is 101 Å². The Kier molecular flexibility index (Phi) is 43.0. The van der Waals surface area contributed by atoms with Crippen LogP contribution < -0.4 is 32.9 Å². The molecule has 24 nitrogen and oxygen atoms in total. The Labute approximate surface area is 814 Å². The Bertz CT molecular complexity index is 5880. The van der Waals surface area contributed by atoms with Crippen LogP contribution >= 0.6 is 134 Å². The molecule has 8 heterocycles. The zero-order chi connectivity index (χ0) is 94.6. The van der Waals surface area contributed by atoms with E-state index in [4.69, 9.17) is 146 Å². The van der Waals surface area contributed by atoms with E-state index in [2.05, 4.69) is 76.5 Å². The Morgan fingerprint density at radius 1 is 0.458 bits per heavy atom. The Morgan fingerprint density at radius 2 is 0.824 bits per heavy atom. The van der Waals surface area contributed by atoms with Gasteiger partial charge in [-0.2, -0.15) is 13.5 Å². The van der Waals surface area contributed by atoms with Gasteiger partial charge in [0.05, 0.1) is 69.9 Å². The van der Waals surface area contributed by atoms with E-state index in [-0.39, 0.29) is 54.2 Å². The quantitative estimate of drug-likeness (QED) is 0.0155. The summed E-state index contributed by atoms with van der Waals surface area (Å²) in [5.74, 6) is -0.967. The number of aliphatic hydroxyl groups is 2. The molecule has 0 radical (unpaired) electrons. The summed E-state index contributed by atoms with van der Waals surface area (Å²) in [4.78, 5) is 68.3. The van der Waals surface area contributed by atoms with Crippen LogP contribution in [0.3, 0.4) is 0 Å². The van der Waals surface area contributed by atoms with Gasteiger partial charge < -0.3 is 67.2 Å². The first kappa shape index (κ1) is 107. The lowest BCUT2D eigenvalue weighted by molar-refractivity contribution is 0.0592. The molecular weight excluding hydrogens is 1970 g/mol. The fourth-order valence-corrected chi connectivity index (χ4v) is 13.7. The molecule has 5 aliphatic carbocycles. The smallest absolute Gasteiger partial charge is 0.465 e. The van der Waals surface area contributed by atoms with Crippen molar-refractivity contribution in [2.24, 2.45) is 5.73 Å². The highest BCUT2D eigenvalue weighted by atomic mass is 79.9. The molecule has 2 atom stereocenters. The van der Waals surface area contributed by atoms with E-state index in [1.165, 1.54) is 100 Å². The average Bonchev–Trinajstić information content (AvgIpc) is 1.77. The third kappa shape index (κ3) is 34.4. The molecule has 5 saturated carbocycles. The van der Waals surface area contributed by atoms with Crippen molar-refractivity contribution in [1.29, 1.82) is 0 Å². The highest BCUT2D eigenvalue weighted by molar-refractivity contribution is 9.10. The van der Waals surface area contributed by atoms with Crippen LogP contribution in [-0.2, 0) is 9.47 Å². The third-order valence-electron chi connectivity index (χ3n) is 19.3. The standard InChI is InChI=1S/C23H22ClFN4O2.C21H17ClFN3O2.C14H10Cl2FN.C8H7Cl2N.C7H8N2O2.C6H5BClFO2.C5H2BrCl2N.C3H7BO2.C3H9NO.H2S/c1-13(30)10-28-23(31)18-11-26-7-6-20(18)29-22-9-21(27-12-17(22)14-2-3-14)16-8-15(24)4-5-19(16)25;1-28-21(27)16-10-24-7-6-18(16)26-20-9-19(25-11-15(20)12-2-3-12)14-8-13(22)4-5-17(14)23;15-9-3-4-13(17)10(5-9)14-6-12(16)11(7-18-14)8-1-2-8;9-7-3-8(10)11-4-6(7)5-1-2-5;1-11-7(10)5-4-9-3-2-6(5)8;8-4-1-2-6(9)5(3-4)7(10)11;6-3-2-9-5(8)1-4(3)7;5-4(6)3-1-2-3;1-3(5)2-4;/h4-9,11-14,30H,2-3,10H2,1H3,(H,28,31)(H,26,27,29);4-12H,2-3H2,1H3,(H,24,25,26);3-8H,1-2H2;3-5H,1-2H2;2-4H,1H3,(H2,8,9);1-3,10-11H;1-2H;3,5-6H,1-2H2;3,5H,2,4H2,1H3;1H2/t13-;;;;;;;;3-;/m0.......0./s1. The number of nitrogen functional groups attached to an aromatic ring is 1. The normalized spacial score (nSPS) is 13.4. The minimum absolute atomic E-state index is 0. The Balaban J connectivity index is 0.000000192. The van der Waals surface area contributed by atoms with E-state index < -0.39 is 49.7 Å². The zero-order valence-corrected chi connectivity index (χ0v) is 79.7. The summed E-state index contributed by atoms with van der Waals surface area (Å²) in [5, 5.41) is 65.1. The van der Waals surface area contributed by atoms with Crippen molar-refractivity contribution in [2.45, 2.75) is 120 Å². The molecular formula is C90H89B2BrCl9F4N13O11S. The number of halogens is 14. The minimum atomic E-state index is -1.81. The number of methoxy groups -OCH3 is 2. The number of hydrogen-bond donors (Lipinski definition) is 11. The van der Waals surface area contributed by atoms with Gasteiger partial charge in [-0.3, -0.25) is 34.7 Å². The van der Waals surface area contributed by atoms with Crippen molar-refractivity contribution in [3.63, 3.8) is 0 Å². The first-order chi connectivity index (χ1) is 62.0. The molecule has 13 N–H and O–H groups in total. The van der Waals surface area contributed by atoms with Gasteiger partial charge in [-0.05, 0) is 254 Å². The van der Waals surface area contributed by atoms with Crippen LogP contribution in [-0.4, -0.2) is 142 Å². The number of rotatable bonds is 19. The molecule has 41 heteroatoms. The van der Waals surface area contributed by atoms with Crippen LogP contribution in [0.25, 0.3) is 33.8 Å². The Morgan fingerprint density at radius 3 is 1.19 bits per heavy atom. The maximum atomic E-state index is 14.4. The summed E-state index contributed by atoms with van der Waals surface area (Å²) >= 11 is 55.5. The molecule has 0 spiro atoms. The summed E-state index contributed by atoms with van der Waals surface area (Å²) in [6.07, 6.45) is 27.6. The number of anilines is 5. The van der Waals surface area contributed by atoms with Crippen molar-refractivity contribution < 1.29 is 71.7 Å². The monoisotopic (exact) mass is 2050 g/mol. The second-order valence-corrected chi connectivity index (χ2v) is 34.4. The maximum Gasteiger partial charge on any atom is 0.491 e. The Hall–Kier alpha value is -9.10. The van der Waals surface area contributed by atoms with E-state index >= 15 is 0 Å². The average molecular weight is 2060 g/mol. The summed E-state index contributed by atoms with van der Waals surface area (Å²) in [6, 6.07) is 30.2. The number of nitrogens with two attached hydrogens (primary N) is 2. The van der Waals surface area contributed by atoms with Gasteiger partial charge in [0, 0.05) is 151 Å². The van der Waals surface area contributed by atoms with Gasteiger partial charge in [-0.1, -0.05) is 117 Å². The number of pyridine rings is 8. The molecule has 0 unspecified atom stereocenters. The summed E-state index contributed by atoms with van der Waals surface area (Å²) in [6.45, 7) is 3.74. The van der Waals surface area contributed by atoms with Crippen molar-refractivity contribution in [1.82, 2.24) is 45.2 Å². The largest absolute Gasteiger partial charge is 0.491 e. The number of amides is 1. The molecule has 1 amide bonds. The topological polar surface area (TPSA) is 382 Å². The number of nitrogens with one attached hydrogen (secondary N) is 3. The highest BCUT2D eigenvalue weighted by Crippen LogP contribution is 2.48. The van der Waals surface area contributed by atoms with Crippen LogP contribution in [0.15, 0.2) is 194 Å². The lowest BCUT2D eigenvalue weighted by atomic mass is 9.80. The van der Waals surface area contributed by atoms with Gasteiger partial charge in [0.15, 0.2) is 0 Å². The number of aliphatic hydroxyl groups excluding tert-OH is 2. The van der Waals surface area contributed by atoms with E-state index in [1.54, 1.807) is 124 Å². The first-order valence-corrected chi connectivity index (χ1v) is 44.3. The van der Waals surface area contributed by atoms with Crippen LogP contribution in [0.1, 0.15) is 155 Å². The predicted molar refractivity (Wildman–Crippen MR) is 519 cm³/mol. The van der Waals surface area contributed by atoms with Crippen LogP contribution in [0.5, 0.6) is 0 Å². The van der Waals surface area contributed by atoms with Gasteiger partial charge in [0.2, 0.25) is 0 Å². The predicted octanol–water partition coefficient (Wildman–Crippen LogP) is 21.2. The van der Waals surface area contributed by atoms with Crippen molar-refractivity contribution >= 4 is 200 Å². The molecule has 5 aliphatic rings. The lowest BCUT2D eigenvalue weighted by Crippen LogP contribution is -2.32. The van der Waals surface area contributed by atoms with Crippen molar-refractivity contribution in [2.75, 3.05) is 43.7 Å². The molecule has 131 heavy (non-hydrogen) atoms. The number of carbonyl (C=O) groups is 3. The van der Waals surface area contributed by atoms with Crippen LogP contribution in [0.2, 0.25) is 51.3 Å². The van der Waals surface area contributed by atoms with Gasteiger partial charge in [0.25, 0.3) is 5.91 Å². The summed E-state index contributed by atoms with van der Waals surface area (Å²) in [5.41, 5.74) is 20.8. The number of ether oxygens (including phenoxy) is 2. The maximum absolute atomic E-state index is 14.4. The highest BCUT2D eigenvalue weighted by Gasteiger charge is 2.34. The van der Waals surface area contributed by atoms with E-state index in [9.17, 15) is 37.1 Å². The molecule has 8 aromatic heterocycles. The summed E-state index contributed by atoms with van der Waals surface area (Å²) < 4.78 is 65.1. The number of aromatic nitrogens is 8.